The van der Waals surface area contributed by atoms with Gasteiger partial charge in [0, 0.05) is 27.8 Å². The minimum absolute atomic E-state index is 0.0193. The van der Waals surface area contributed by atoms with Crippen molar-refractivity contribution >= 4 is 34.4 Å². The third-order valence-corrected chi connectivity index (χ3v) is 8.84. The van der Waals surface area contributed by atoms with Crippen LogP contribution < -0.4 is 10.1 Å². The Kier molecular flexibility index (Phi) is 9.18. The number of aliphatic hydroxyl groups is 1. The number of aromatic nitrogens is 2. The van der Waals surface area contributed by atoms with E-state index in [0.29, 0.717) is 17.0 Å². The topological polar surface area (TPSA) is 103 Å². The lowest BCUT2D eigenvalue weighted by Gasteiger charge is -2.41. The van der Waals surface area contributed by atoms with Crippen molar-refractivity contribution in [3.05, 3.63) is 126 Å². The highest BCUT2D eigenvalue weighted by atomic mass is 32.2. The Bertz CT molecular complexity index is 1750. The standard InChI is InChI=1S/C35H33N3O5S/c1-22-31(21-44-32-13-6-5-12-30(32)41-2)42-35(43-33(22)24-16-14-23(20-39)15-17-24)25-8-7-9-26(18-25)37-34(40)29-19-36-27-10-3-4-11-28(27)38-29/h3-19,22,31,33,35,39H,20-21H2,1-2H3,(H,37,40)/t22-,31+,33+,35+/m1/s1. The Morgan fingerprint density at radius 2 is 1.70 bits per heavy atom. The molecule has 6 rings (SSSR count). The lowest BCUT2D eigenvalue weighted by atomic mass is 9.91. The molecule has 5 aromatic rings. The summed E-state index contributed by atoms with van der Waals surface area (Å²) in [5.41, 5.74) is 4.84. The highest BCUT2D eigenvalue weighted by molar-refractivity contribution is 7.99. The van der Waals surface area contributed by atoms with Crippen LogP contribution in [0.3, 0.4) is 0 Å². The van der Waals surface area contributed by atoms with Crippen molar-refractivity contribution in [2.75, 3.05) is 18.2 Å². The van der Waals surface area contributed by atoms with E-state index in [1.54, 1.807) is 18.9 Å². The summed E-state index contributed by atoms with van der Waals surface area (Å²) in [5, 5.41) is 12.5. The lowest BCUT2D eigenvalue weighted by Crippen LogP contribution is -2.38. The molecule has 0 saturated carbocycles. The van der Waals surface area contributed by atoms with Crippen LogP contribution in [-0.4, -0.2) is 39.9 Å². The number of hydrogen-bond donors (Lipinski definition) is 2. The molecular weight excluding hydrogens is 574 g/mol. The Balaban J connectivity index is 1.24. The van der Waals surface area contributed by atoms with E-state index in [1.807, 2.05) is 97.1 Å². The van der Waals surface area contributed by atoms with E-state index in [-0.39, 0.29) is 36.3 Å². The SMILES string of the molecule is COc1ccccc1SC[C@@H]1O[C@H](c2cccc(NC(=O)c3cnc4ccccc4n3)c2)O[C@H](c2ccc(CO)cc2)[C@@H]1C. The van der Waals surface area contributed by atoms with Crippen LogP contribution in [0.4, 0.5) is 5.69 Å². The maximum atomic E-state index is 13.1. The zero-order valence-corrected chi connectivity index (χ0v) is 25.2. The normalized spacial score (nSPS) is 19.9. The van der Waals surface area contributed by atoms with Crippen molar-refractivity contribution in [2.24, 2.45) is 5.92 Å². The molecule has 4 aromatic carbocycles. The van der Waals surface area contributed by atoms with Gasteiger partial charge in [0.25, 0.3) is 5.91 Å². The molecule has 1 saturated heterocycles. The van der Waals surface area contributed by atoms with Crippen LogP contribution in [-0.2, 0) is 16.1 Å². The molecule has 224 valence electrons. The second-order valence-electron chi connectivity index (χ2n) is 10.6. The van der Waals surface area contributed by atoms with Crippen molar-refractivity contribution in [1.29, 1.82) is 0 Å². The number of amides is 1. The lowest BCUT2D eigenvalue weighted by molar-refractivity contribution is -0.268. The number of carbonyl (C=O) groups excluding carboxylic acids is 1. The van der Waals surface area contributed by atoms with Gasteiger partial charge in [-0.15, -0.1) is 11.8 Å². The molecular formula is C35H33N3O5S. The molecule has 0 unspecified atom stereocenters. The molecule has 9 heteroatoms. The Morgan fingerprint density at radius 1 is 0.932 bits per heavy atom. The fraction of sp³-hybridized carbons (Fsp3) is 0.229. The number of carbonyl (C=O) groups is 1. The first-order chi connectivity index (χ1) is 21.5. The predicted octanol–water partition coefficient (Wildman–Crippen LogP) is 6.97. The monoisotopic (exact) mass is 607 g/mol. The molecule has 0 aliphatic carbocycles. The quantitative estimate of drug-likeness (QED) is 0.173. The maximum Gasteiger partial charge on any atom is 0.275 e. The number of aliphatic hydroxyl groups excluding tert-OH is 1. The first kappa shape index (κ1) is 29.8. The first-order valence-corrected chi connectivity index (χ1v) is 15.4. The molecule has 1 aliphatic rings. The Labute approximate surface area is 260 Å². The summed E-state index contributed by atoms with van der Waals surface area (Å²) in [5.74, 6) is 1.18. The summed E-state index contributed by atoms with van der Waals surface area (Å²) in [6.45, 7) is 2.12. The number of anilines is 1. The van der Waals surface area contributed by atoms with Gasteiger partial charge in [0.05, 0.1) is 43.2 Å². The fourth-order valence-corrected chi connectivity index (χ4v) is 6.44. The van der Waals surface area contributed by atoms with Crippen LogP contribution in [0.25, 0.3) is 11.0 Å². The summed E-state index contributed by atoms with van der Waals surface area (Å²) >= 11 is 1.68. The summed E-state index contributed by atoms with van der Waals surface area (Å²) in [6, 6.07) is 30.7. The number of hydrogen-bond acceptors (Lipinski definition) is 8. The zero-order valence-electron chi connectivity index (χ0n) is 24.4. The highest BCUT2D eigenvalue weighted by Gasteiger charge is 2.38. The number of ether oxygens (including phenoxy) is 3. The molecule has 8 nitrogen and oxygen atoms in total. The van der Waals surface area contributed by atoms with Crippen molar-refractivity contribution in [3.63, 3.8) is 0 Å². The van der Waals surface area contributed by atoms with Crippen LogP contribution in [0.5, 0.6) is 5.75 Å². The van der Waals surface area contributed by atoms with Gasteiger partial charge in [-0.1, -0.05) is 67.6 Å². The molecule has 1 aliphatic heterocycles. The number of benzene rings is 4. The highest BCUT2D eigenvalue weighted by Crippen LogP contribution is 2.44. The fourth-order valence-electron chi connectivity index (χ4n) is 5.24. The van der Waals surface area contributed by atoms with Crippen molar-refractivity contribution < 1.29 is 24.1 Å². The summed E-state index contributed by atoms with van der Waals surface area (Å²) in [4.78, 5) is 23.0. The van der Waals surface area contributed by atoms with Crippen LogP contribution in [0.2, 0.25) is 0 Å². The number of nitrogens with one attached hydrogen (secondary N) is 1. The smallest absolute Gasteiger partial charge is 0.275 e. The van der Waals surface area contributed by atoms with E-state index in [2.05, 4.69) is 22.2 Å². The molecule has 1 fully saturated rings. The predicted molar refractivity (Wildman–Crippen MR) is 171 cm³/mol. The number of nitrogens with zero attached hydrogens (tertiary/aromatic N) is 2. The van der Waals surface area contributed by atoms with Gasteiger partial charge in [-0.25, -0.2) is 4.98 Å². The maximum absolute atomic E-state index is 13.1. The van der Waals surface area contributed by atoms with Crippen molar-refractivity contribution in [2.45, 2.75) is 36.9 Å². The van der Waals surface area contributed by atoms with Gasteiger partial charge in [0.1, 0.15) is 11.4 Å². The third-order valence-electron chi connectivity index (χ3n) is 7.69. The van der Waals surface area contributed by atoms with Crippen LogP contribution in [0, 0.1) is 5.92 Å². The second kappa shape index (κ2) is 13.6. The minimum Gasteiger partial charge on any atom is -0.496 e. The average molecular weight is 608 g/mol. The number of para-hydroxylation sites is 3. The number of rotatable bonds is 9. The molecule has 1 amide bonds. The summed E-state index contributed by atoms with van der Waals surface area (Å²) in [7, 11) is 1.67. The van der Waals surface area contributed by atoms with Crippen molar-refractivity contribution in [3.8, 4) is 5.75 Å². The van der Waals surface area contributed by atoms with E-state index in [0.717, 1.165) is 32.9 Å². The van der Waals surface area contributed by atoms with Gasteiger partial charge in [-0.3, -0.25) is 9.78 Å². The van der Waals surface area contributed by atoms with Crippen molar-refractivity contribution in [1.82, 2.24) is 9.97 Å². The van der Waals surface area contributed by atoms with Gasteiger partial charge >= 0.3 is 0 Å². The van der Waals surface area contributed by atoms with Gasteiger partial charge in [0.15, 0.2) is 6.29 Å². The molecule has 1 aromatic heterocycles. The molecule has 4 atom stereocenters. The van der Waals surface area contributed by atoms with Gasteiger partial charge in [-0.2, -0.15) is 0 Å². The Morgan fingerprint density at radius 3 is 2.50 bits per heavy atom. The third kappa shape index (κ3) is 6.61. The van der Waals surface area contributed by atoms with Crippen LogP contribution in [0.1, 0.15) is 46.5 Å². The van der Waals surface area contributed by atoms with E-state index >= 15 is 0 Å². The summed E-state index contributed by atoms with van der Waals surface area (Å²) in [6.07, 6.45) is 0.398. The molecule has 2 N–H and O–H groups in total. The zero-order chi connectivity index (χ0) is 30.5. The number of methoxy groups -OCH3 is 1. The molecule has 0 radical (unpaired) electrons. The minimum atomic E-state index is -0.672. The average Bonchev–Trinajstić information content (AvgIpc) is 3.08. The number of thioether (sulfide) groups is 1. The van der Waals surface area contributed by atoms with E-state index in [1.165, 1.54) is 6.20 Å². The first-order valence-electron chi connectivity index (χ1n) is 14.4. The molecule has 44 heavy (non-hydrogen) atoms. The van der Waals surface area contributed by atoms with Gasteiger partial charge in [-0.05, 0) is 47.5 Å². The van der Waals surface area contributed by atoms with Crippen LogP contribution in [0.15, 0.2) is 108 Å². The van der Waals surface area contributed by atoms with Gasteiger partial charge in [0.2, 0.25) is 0 Å². The molecule has 0 spiro atoms. The largest absolute Gasteiger partial charge is 0.496 e. The van der Waals surface area contributed by atoms with Crippen LogP contribution >= 0.6 is 11.8 Å². The van der Waals surface area contributed by atoms with E-state index < -0.39 is 6.29 Å². The molecule has 0 bridgehead atoms. The number of fused-ring (bicyclic) bond motifs is 1. The second-order valence-corrected chi connectivity index (χ2v) is 11.7. The van der Waals surface area contributed by atoms with E-state index in [4.69, 9.17) is 14.2 Å². The van der Waals surface area contributed by atoms with Gasteiger partial charge < -0.3 is 24.6 Å². The van der Waals surface area contributed by atoms with E-state index in [9.17, 15) is 9.90 Å². The Hall–Kier alpha value is -4.28. The molecule has 2 heterocycles. The summed E-state index contributed by atoms with van der Waals surface area (Å²) < 4.78 is 18.8.